The van der Waals surface area contributed by atoms with Crippen LogP contribution in [0.25, 0.3) is 10.9 Å². The third kappa shape index (κ3) is 1.49. The highest BCUT2D eigenvalue weighted by atomic mass is 79.9. The van der Waals surface area contributed by atoms with E-state index in [2.05, 4.69) is 20.9 Å². The lowest BCUT2D eigenvalue weighted by Gasteiger charge is -2.04. The van der Waals surface area contributed by atoms with Crippen LogP contribution in [0.1, 0.15) is 0 Å². The average molecular weight is 295 g/mol. The van der Waals surface area contributed by atoms with Crippen LogP contribution >= 0.6 is 39.1 Å². The fraction of sp³-hybridized carbons (Fsp3) is 0. The molecule has 0 unspecified atom stereocenters. The van der Waals surface area contributed by atoms with Crippen LogP contribution in [0.5, 0.6) is 0 Å². The Morgan fingerprint density at radius 2 is 1.93 bits per heavy atom. The molecule has 2 rings (SSSR count). The average Bonchev–Trinajstić information content (AvgIpc) is 2.16. The SMILES string of the molecule is Fc1ccc(Cl)c2c(Br)c(Cl)cnc12. The van der Waals surface area contributed by atoms with Crippen molar-refractivity contribution < 1.29 is 4.39 Å². The number of benzene rings is 1. The molecule has 0 aliphatic heterocycles. The molecule has 1 aromatic carbocycles. The quantitative estimate of drug-likeness (QED) is 0.700. The Labute approximate surface area is 98.0 Å². The molecule has 0 atom stereocenters. The van der Waals surface area contributed by atoms with Crippen molar-refractivity contribution in [1.29, 1.82) is 0 Å². The summed E-state index contributed by atoms with van der Waals surface area (Å²) in [4.78, 5) is 3.88. The molecule has 14 heavy (non-hydrogen) atoms. The monoisotopic (exact) mass is 293 g/mol. The fourth-order valence-corrected chi connectivity index (χ4v) is 2.18. The third-order valence-electron chi connectivity index (χ3n) is 1.81. The van der Waals surface area contributed by atoms with E-state index in [1.165, 1.54) is 18.3 Å². The van der Waals surface area contributed by atoms with Gasteiger partial charge in [0.15, 0.2) is 0 Å². The van der Waals surface area contributed by atoms with Gasteiger partial charge in [0.1, 0.15) is 11.3 Å². The van der Waals surface area contributed by atoms with Crippen LogP contribution in [-0.2, 0) is 0 Å². The lowest BCUT2D eigenvalue weighted by atomic mass is 10.2. The molecule has 72 valence electrons. The third-order valence-corrected chi connectivity index (χ3v) is 3.47. The van der Waals surface area contributed by atoms with Gasteiger partial charge in [-0.15, -0.1) is 0 Å². The Bertz CT molecular complexity index is 516. The highest BCUT2D eigenvalue weighted by molar-refractivity contribution is 9.10. The van der Waals surface area contributed by atoms with Crippen molar-refractivity contribution in [3.63, 3.8) is 0 Å². The summed E-state index contributed by atoms with van der Waals surface area (Å²) in [5.74, 6) is -0.415. The van der Waals surface area contributed by atoms with Gasteiger partial charge >= 0.3 is 0 Å². The number of hydrogen-bond donors (Lipinski definition) is 0. The zero-order valence-electron chi connectivity index (χ0n) is 6.69. The molecule has 1 aromatic heterocycles. The maximum Gasteiger partial charge on any atom is 0.149 e. The molecular formula is C9H3BrCl2FN. The first kappa shape index (κ1) is 10.1. The number of aromatic nitrogens is 1. The molecular weight excluding hydrogens is 292 g/mol. The largest absolute Gasteiger partial charge is 0.251 e. The first-order chi connectivity index (χ1) is 6.61. The standard InChI is InChI=1S/C9H3BrCl2FN/c10-8-5(12)3-14-9-6(13)2-1-4(11)7(8)9/h1-3H. The van der Waals surface area contributed by atoms with Crippen molar-refractivity contribution in [3.05, 3.63) is 38.7 Å². The van der Waals surface area contributed by atoms with Gasteiger partial charge in [-0.25, -0.2) is 4.39 Å². The summed E-state index contributed by atoms with van der Waals surface area (Å²) in [5.41, 5.74) is 0.216. The van der Waals surface area contributed by atoms with E-state index in [1.807, 2.05) is 0 Å². The number of fused-ring (bicyclic) bond motifs is 1. The molecule has 0 saturated heterocycles. The summed E-state index contributed by atoms with van der Waals surface area (Å²) in [6.45, 7) is 0. The maximum absolute atomic E-state index is 13.3. The van der Waals surface area contributed by atoms with Gasteiger partial charge in [-0.2, -0.15) is 0 Å². The predicted molar refractivity (Wildman–Crippen MR) is 59.4 cm³/mol. The van der Waals surface area contributed by atoms with Crippen molar-refractivity contribution in [2.75, 3.05) is 0 Å². The second-order valence-corrected chi connectivity index (χ2v) is 4.28. The number of nitrogens with zero attached hydrogens (tertiary/aromatic N) is 1. The number of rotatable bonds is 0. The summed E-state index contributed by atoms with van der Waals surface area (Å²) in [6.07, 6.45) is 1.38. The Morgan fingerprint density at radius 3 is 2.64 bits per heavy atom. The Morgan fingerprint density at radius 1 is 1.21 bits per heavy atom. The molecule has 0 radical (unpaired) electrons. The van der Waals surface area contributed by atoms with Gasteiger partial charge in [-0.1, -0.05) is 23.2 Å². The Hall–Kier alpha value is -0.380. The first-order valence-corrected chi connectivity index (χ1v) is 5.24. The molecule has 0 spiro atoms. The minimum absolute atomic E-state index is 0.216. The zero-order valence-corrected chi connectivity index (χ0v) is 9.79. The molecule has 1 heterocycles. The number of hydrogen-bond acceptors (Lipinski definition) is 1. The van der Waals surface area contributed by atoms with Crippen LogP contribution in [0.15, 0.2) is 22.8 Å². The summed E-state index contributed by atoms with van der Waals surface area (Å²) in [6, 6.07) is 2.75. The van der Waals surface area contributed by atoms with Crippen LogP contribution < -0.4 is 0 Å². The van der Waals surface area contributed by atoms with E-state index < -0.39 is 5.82 Å². The van der Waals surface area contributed by atoms with Gasteiger partial charge in [0.2, 0.25) is 0 Å². The molecule has 0 fully saturated rings. The maximum atomic E-state index is 13.3. The van der Waals surface area contributed by atoms with Crippen molar-refractivity contribution in [1.82, 2.24) is 4.98 Å². The van der Waals surface area contributed by atoms with E-state index in [-0.39, 0.29) is 5.52 Å². The number of halogens is 4. The van der Waals surface area contributed by atoms with Crippen LogP contribution in [0.4, 0.5) is 4.39 Å². The van der Waals surface area contributed by atoms with Crippen LogP contribution in [-0.4, -0.2) is 4.98 Å². The topological polar surface area (TPSA) is 12.9 Å². The van der Waals surface area contributed by atoms with Crippen LogP contribution in [0.2, 0.25) is 10.0 Å². The van der Waals surface area contributed by atoms with Crippen LogP contribution in [0, 0.1) is 5.82 Å². The molecule has 5 heteroatoms. The smallest absolute Gasteiger partial charge is 0.149 e. The zero-order chi connectivity index (χ0) is 10.3. The molecule has 0 N–H and O–H groups in total. The van der Waals surface area contributed by atoms with Gasteiger partial charge in [-0.05, 0) is 28.1 Å². The van der Waals surface area contributed by atoms with E-state index in [9.17, 15) is 4.39 Å². The molecule has 2 aromatic rings. The normalized spacial score (nSPS) is 10.9. The minimum Gasteiger partial charge on any atom is -0.251 e. The highest BCUT2D eigenvalue weighted by Crippen LogP contribution is 2.35. The van der Waals surface area contributed by atoms with E-state index >= 15 is 0 Å². The lowest BCUT2D eigenvalue weighted by Crippen LogP contribution is -1.87. The molecule has 0 saturated carbocycles. The second kappa shape index (κ2) is 3.65. The van der Waals surface area contributed by atoms with E-state index in [4.69, 9.17) is 23.2 Å². The predicted octanol–water partition coefficient (Wildman–Crippen LogP) is 4.44. The molecule has 0 amide bonds. The molecule has 0 aliphatic rings. The second-order valence-electron chi connectivity index (χ2n) is 2.67. The van der Waals surface area contributed by atoms with E-state index in [0.717, 1.165) is 0 Å². The lowest BCUT2D eigenvalue weighted by molar-refractivity contribution is 0.637. The van der Waals surface area contributed by atoms with E-state index in [0.29, 0.717) is 19.9 Å². The Balaban J connectivity index is 3.01. The molecule has 0 aliphatic carbocycles. The van der Waals surface area contributed by atoms with Crippen molar-refractivity contribution in [2.45, 2.75) is 0 Å². The van der Waals surface area contributed by atoms with Gasteiger partial charge in [0.25, 0.3) is 0 Å². The van der Waals surface area contributed by atoms with Crippen LogP contribution in [0.3, 0.4) is 0 Å². The number of pyridine rings is 1. The summed E-state index contributed by atoms with van der Waals surface area (Å²) >= 11 is 15.0. The summed E-state index contributed by atoms with van der Waals surface area (Å²) in [5, 5.41) is 1.33. The van der Waals surface area contributed by atoms with Gasteiger partial charge in [0.05, 0.1) is 10.0 Å². The van der Waals surface area contributed by atoms with E-state index in [1.54, 1.807) is 0 Å². The van der Waals surface area contributed by atoms with Crippen molar-refractivity contribution in [3.8, 4) is 0 Å². The van der Waals surface area contributed by atoms with Gasteiger partial charge in [0, 0.05) is 16.1 Å². The van der Waals surface area contributed by atoms with Gasteiger partial charge < -0.3 is 0 Å². The van der Waals surface area contributed by atoms with Crippen molar-refractivity contribution >= 4 is 50.0 Å². The van der Waals surface area contributed by atoms with Gasteiger partial charge in [-0.3, -0.25) is 4.98 Å². The van der Waals surface area contributed by atoms with Crippen molar-refractivity contribution in [2.24, 2.45) is 0 Å². The highest BCUT2D eigenvalue weighted by Gasteiger charge is 2.11. The minimum atomic E-state index is -0.415. The summed E-state index contributed by atoms with van der Waals surface area (Å²) in [7, 11) is 0. The summed E-state index contributed by atoms with van der Waals surface area (Å²) < 4.78 is 13.9. The molecule has 0 bridgehead atoms. The Kier molecular flexibility index (Phi) is 2.64. The first-order valence-electron chi connectivity index (χ1n) is 3.69. The molecule has 1 nitrogen and oxygen atoms in total. The fourth-order valence-electron chi connectivity index (χ4n) is 1.17.